The zero-order valence-corrected chi connectivity index (χ0v) is 14.9. The van der Waals surface area contributed by atoms with E-state index in [1.165, 1.54) is 6.08 Å². The van der Waals surface area contributed by atoms with E-state index >= 15 is 0 Å². The summed E-state index contributed by atoms with van der Waals surface area (Å²) in [5.74, 6) is -0.487. The Kier molecular flexibility index (Phi) is 7.59. The van der Waals surface area contributed by atoms with Gasteiger partial charge < -0.3 is 10.1 Å². The van der Waals surface area contributed by atoms with Gasteiger partial charge in [0.25, 0.3) is 5.91 Å². The molecule has 0 aromatic heterocycles. The molecule has 0 saturated carbocycles. The highest BCUT2D eigenvalue weighted by Gasteiger charge is 2.07. The molecule has 0 unspecified atom stereocenters. The largest absolute Gasteiger partial charge is 0.497 e. The summed E-state index contributed by atoms with van der Waals surface area (Å²) in [6.45, 7) is 0. The first kappa shape index (κ1) is 19.7. The lowest BCUT2D eigenvalue weighted by molar-refractivity contribution is -0.128. The van der Waals surface area contributed by atoms with E-state index in [2.05, 4.69) is 16.2 Å². The molecule has 2 aromatic rings. The van der Waals surface area contributed by atoms with Gasteiger partial charge in [0, 0.05) is 24.6 Å². The number of benzene rings is 2. The normalized spacial score (nSPS) is 10.3. The van der Waals surface area contributed by atoms with Crippen molar-refractivity contribution in [3.8, 4) is 5.75 Å². The van der Waals surface area contributed by atoms with Crippen LogP contribution in [0.2, 0.25) is 0 Å². The number of methoxy groups -OCH3 is 1. The Labute approximate surface area is 157 Å². The van der Waals surface area contributed by atoms with Gasteiger partial charge in [0.05, 0.1) is 7.11 Å². The monoisotopic (exact) mass is 367 g/mol. The van der Waals surface area contributed by atoms with E-state index in [4.69, 9.17) is 4.74 Å². The summed E-state index contributed by atoms with van der Waals surface area (Å²) in [4.78, 5) is 35.2. The standard InChI is InChI=1S/C20H21N3O4/c1-27-17-10-7-15(8-11-17)9-12-19(25)22-23-20(26)14-13-18(24)21-16-5-3-2-4-6-16/h2-12H,13-14H2,1H3,(H,21,24)(H,22,25)(H,23,26). The van der Waals surface area contributed by atoms with Gasteiger partial charge in [-0.25, -0.2) is 0 Å². The Morgan fingerprint density at radius 3 is 2.22 bits per heavy atom. The van der Waals surface area contributed by atoms with Crippen molar-refractivity contribution in [2.75, 3.05) is 12.4 Å². The molecule has 0 aliphatic rings. The van der Waals surface area contributed by atoms with Crippen LogP contribution >= 0.6 is 0 Å². The van der Waals surface area contributed by atoms with E-state index in [1.54, 1.807) is 61.7 Å². The maximum atomic E-state index is 11.8. The molecule has 3 amide bonds. The van der Waals surface area contributed by atoms with Crippen molar-refractivity contribution >= 4 is 29.5 Å². The predicted octanol–water partition coefficient (Wildman–Crippen LogP) is 2.27. The maximum absolute atomic E-state index is 11.8. The smallest absolute Gasteiger partial charge is 0.262 e. The summed E-state index contributed by atoms with van der Waals surface area (Å²) in [6.07, 6.45) is 2.87. The van der Waals surface area contributed by atoms with Crippen molar-refractivity contribution in [2.45, 2.75) is 12.8 Å². The molecule has 7 heteroatoms. The Hall–Kier alpha value is -3.61. The molecule has 140 valence electrons. The highest BCUT2D eigenvalue weighted by Crippen LogP contribution is 2.12. The second-order valence-corrected chi connectivity index (χ2v) is 5.56. The molecule has 0 aliphatic carbocycles. The first-order valence-electron chi connectivity index (χ1n) is 8.32. The van der Waals surface area contributed by atoms with Crippen LogP contribution in [0.3, 0.4) is 0 Å². The fourth-order valence-corrected chi connectivity index (χ4v) is 2.09. The number of ether oxygens (including phenoxy) is 1. The highest BCUT2D eigenvalue weighted by atomic mass is 16.5. The Balaban J connectivity index is 1.67. The number of carbonyl (C=O) groups excluding carboxylic acids is 3. The van der Waals surface area contributed by atoms with Crippen molar-refractivity contribution in [3.63, 3.8) is 0 Å². The fraction of sp³-hybridized carbons (Fsp3) is 0.150. The Morgan fingerprint density at radius 2 is 1.56 bits per heavy atom. The van der Waals surface area contributed by atoms with Crippen molar-refractivity contribution in [3.05, 3.63) is 66.2 Å². The van der Waals surface area contributed by atoms with Gasteiger partial charge >= 0.3 is 0 Å². The van der Waals surface area contributed by atoms with E-state index in [-0.39, 0.29) is 18.7 Å². The summed E-state index contributed by atoms with van der Waals surface area (Å²) >= 11 is 0. The molecule has 0 fully saturated rings. The SMILES string of the molecule is COc1ccc(C=CC(=O)NNC(=O)CCC(=O)Nc2ccccc2)cc1. The number of anilines is 1. The highest BCUT2D eigenvalue weighted by molar-refractivity contribution is 5.95. The van der Waals surface area contributed by atoms with Gasteiger partial charge in [-0.15, -0.1) is 0 Å². The predicted molar refractivity (Wildman–Crippen MR) is 103 cm³/mol. The van der Waals surface area contributed by atoms with E-state index in [1.807, 2.05) is 6.07 Å². The molecule has 0 saturated heterocycles. The van der Waals surface area contributed by atoms with Crippen molar-refractivity contribution in [2.24, 2.45) is 0 Å². The number of para-hydroxylation sites is 1. The molecule has 7 nitrogen and oxygen atoms in total. The summed E-state index contributed by atoms with van der Waals surface area (Å²) in [5, 5.41) is 2.68. The van der Waals surface area contributed by atoms with Gasteiger partial charge in [0.1, 0.15) is 5.75 Å². The number of rotatable bonds is 7. The molecule has 3 N–H and O–H groups in total. The number of hydrogen-bond acceptors (Lipinski definition) is 4. The summed E-state index contributed by atoms with van der Waals surface area (Å²) in [7, 11) is 1.58. The molecule has 2 aromatic carbocycles. The number of carbonyl (C=O) groups is 3. The third-order valence-corrected chi connectivity index (χ3v) is 3.50. The summed E-state index contributed by atoms with van der Waals surface area (Å²) < 4.78 is 5.05. The third kappa shape index (κ3) is 7.43. The fourth-order valence-electron chi connectivity index (χ4n) is 2.09. The number of hydrazine groups is 1. The summed E-state index contributed by atoms with van der Waals surface area (Å²) in [5.41, 5.74) is 6.01. The van der Waals surface area contributed by atoms with Crippen LogP contribution in [0.4, 0.5) is 5.69 Å². The second kappa shape index (κ2) is 10.4. The quantitative estimate of drug-likeness (QED) is 0.517. The van der Waals surface area contributed by atoms with Crippen LogP contribution in [0.25, 0.3) is 6.08 Å². The zero-order valence-electron chi connectivity index (χ0n) is 14.9. The van der Waals surface area contributed by atoms with Gasteiger partial charge in [0.15, 0.2) is 0 Å². The van der Waals surface area contributed by atoms with Crippen LogP contribution in [0.15, 0.2) is 60.7 Å². The van der Waals surface area contributed by atoms with Crippen LogP contribution in [0.5, 0.6) is 5.75 Å². The molecule has 0 heterocycles. The maximum Gasteiger partial charge on any atom is 0.262 e. The lowest BCUT2D eigenvalue weighted by Crippen LogP contribution is -2.41. The van der Waals surface area contributed by atoms with Gasteiger partial charge in [0.2, 0.25) is 11.8 Å². The summed E-state index contributed by atoms with van der Waals surface area (Å²) in [6, 6.07) is 16.1. The number of amides is 3. The van der Waals surface area contributed by atoms with E-state index in [9.17, 15) is 14.4 Å². The Bertz CT molecular complexity index is 802. The first-order chi connectivity index (χ1) is 13.1. The molecule has 27 heavy (non-hydrogen) atoms. The van der Waals surface area contributed by atoms with E-state index in [0.29, 0.717) is 5.69 Å². The van der Waals surface area contributed by atoms with Crippen LogP contribution in [-0.4, -0.2) is 24.8 Å². The van der Waals surface area contributed by atoms with Gasteiger partial charge in [-0.1, -0.05) is 30.3 Å². The van der Waals surface area contributed by atoms with Crippen LogP contribution in [0, 0.1) is 0 Å². The minimum absolute atomic E-state index is 0.0122. The van der Waals surface area contributed by atoms with E-state index < -0.39 is 11.8 Å². The van der Waals surface area contributed by atoms with Crippen molar-refractivity contribution < 1.29 is 19.1 Å². The molecule has 0 atom stereocenters. The molecular formula is C20H21N3O4. The average molecular weight is 367 g/mol. The van der Waals surface area contributed by atoms with E-state index in [0.717, 1.165) is 11.3 Å². The van der Waals surface area contributed by atoms with Crippen molar-refractivity contribution in [1.29, 1.82) is 0 Å². The molecule has 2 rings (SSSR count). The molecule has 0 radical (unpaired) electrons. The number of nitrogens with one attached hydrogen (secondary N) is 3. The molecule has 0 aliphatic heterocycles. The average Bonchev–Trinajstić information content (AvgIpc) is 2.70. The lowest BCUT2D eigenvalue weighted by atomic mass is 10.2. The van der Waals surface area contributed by atoms with Gasteiger partial charge in [-0.3, -0.25) is 25.2 Å². The molecular weight excluding hydrogens is 346 g/mol. The lowest BCUT2D eigenvalue weighted by Gasteiger charge is -2.06. The topological polar surface area (TPSA) is 96.5 Å². The minimum Gasteiger partial charge on any atom is -0.497 e. The van der Waals surface area contributed by atoms with Gasteiger partial charge in [-0.05, 0) is 35.9 Å². The second-order valence-electron chi connectivity index (χ2n) is 5.56. The van der Waals surface area contributed by atoms with Crippen molar-refractivity contribution in [1.82, 2.24) is 10.9 Å². The zero-order chi connectivity index (χ0) is 19.5. The van der Waals surface area contributed by atoms with Crippen LogP contribution < -0.4 is 20.9 Å². The molecule has 0 spiro atoms. The minimum atomic E-state index is -0.479. The molecule has 0 bridgehead atoms. The van der Waals surface area contributed by atoms with Crippen LogP contribution in [0.1, 0.15) is 18.4 Å². The number of hydrogen-bond donors (Lipinski definition) is 3. The first-order valence-corrected chi connectivity index (χ1v) is 8.32. The van der Waals surface area contributed by atoms with Crippen LogP contribution in [-0.2, 0) is 14.4 Å². The van der Waals surface area contributed by atoms with Gasteiger partial charge in [-0.2, -0.15) is 0 Å². The third-order valence-electron chi connectivity index (χ3n) is 3.50. The Morgan fingerprint density at radius 1 is 0.889 bits per heavy atom.